The van der Waals surface area contributed by atoms with E-state index in [1.54, 1.807) is 0 Å². The van der Waals surface area contributed by atoms with Gasteiger partial charge in [-0.05, 0) is 49.9 Å². The van der Waals surface area contributed by atoms with Crippen LogP contribution in [-0.2, 0) is 17.9 Å². The lowest BCUT2D eigenvalue weighted by molar-refractivity contribution is -0.129. The van der Waals surface area contributed by atoms with Gasteiger partial charge in [-0.3, -0.25) is 4.79 Å². The number of carbonyl (C=O) groups excluding carboxylic acids is 1. The van der Waals surface area contributed by atoms with Crippen LogP contribution in [0.5, 0.6) is 0 Å². The van der Waals surface area contributed by atoms with Crippen molar-refractivity contribution in [2.45, 2.75) is 51.0 Å². The predicted octanol–water partition coefficient (Wildman–Crippen LogP) is 5.32. The van der Waals surface area contributed by atoms with Gasteiger partial charge in [-0.1, -0.05) is 64.1 Å². The minimum absolute atomic E-state index is 0.158. The number of thioether (sulfide) groups is 1. The lowest BCUT2D eigenvalue weighted by Gasteiger charge is -2.22. The second-order valence-corrected chi connectivity index (χ2v) is 9.39. The number of halogens is 1. The van der Waals surface area contributed by atoms with Crippen LogP contribution in [0.1, 0.15) is 30.9 Å². The van der Waals surface area contributed by atoms with E-state index in [1.165, 1.54) is 17.3 Å². The predicted molar refractivity (Wildman–Crippen MR) is 124 cm³/mol. The van der Waals surface area contributed by atoms with Crippen molar-refractivity contribution < 1.29 is 4.79 Å². The van der Waals surface area contributed by atoms with E-state index in [-0.39, 0.29) is 5.91 Å². The van der Waals surface area contributed by atoms with Crippen LogP contribution in [0.4, 0.5) is 0 Å². The number of nitrogens with zero attached hydrogens (tertiary/aromatic N) is 4. The van der Waals surface area contributed by atoms with Gasteiger partial charge in [0.2, 0.25) is 5.91 Å². The van der Waals surface area contributed by atoms with E-state index < -0.39 is 0 Å². The molecule has 156 valence electrons. The lowest BCUT2D eigenvalue weighted by atomic mass is 10.1. The van der Waals surface area contributed by atoms with Crippen LogP contribution in [0, 0.1) is 6.92 Å². The maximum absolute atomic E-state index is 13.1. The molecule has 1 fully saturated rings. The van der Waals surface area contributed by atoms with Gasteiger partial charge in [0, 0.05) is 29.2 Å². The van der Waals surface area contributed by atoms with Gasteiger partial charge in [0.1, 0.15) is 0 Å². The number of hydrogen-bond donors (Lipinski definition) is 0. The molecule has 0 saturated heterocycles. The Labute approximate surface area is 190 Å². The third kappa shape index (κ3) is 4.78. The number of aryl methyl sites for hydroxylation is 1. The van der Waals surface area contributed by atoms with Gasteiger partial charge in [0.15, 0.2) is 11.0 Å². The highest BCUT2D eigenvalue weighted by Crippen LogP contribution is 2.31. The van der Waals surface area contributed by atoms with Gasteiger partial charge in [0.05, 0.1) is 5.75 Å². The number of benzene rings is 2. The zero-order valence-electron chi connectivity index (χ0n) is 17.2. The molecule has 30 heavy (non-hydrogen) atoms. The molecule has 1 heterocycles. The fraction of sp³-hybridized carbons (Fsp3) is 0.348. The number of aromatic nitrogens is 3. The summed E-state index contributed by atoms with van der Waals surface area (Å²) in [5.41, 5.74) is 3.40. The molecule has 0 bridgehead atoms. The molecule has 1 aliphatic carbocycles. The first-order valence-electron chi connectivity index (χ1n) is 10.2. The van der Waals surface area contributed by atoms with Crippen LogP contribution in [-0.4, -0.2) is 37.4 Å². The van der Waals surface area contributed by atoms with Gasteiger partial charge >= 0.3 is 0 Å². The van der Waals surface area contributed by atoms with Gasteiger partial charge < -0.3 is 9.47 Å². The van der Waals surface area contributed by atoms with Crippen LogP contribution < -0.4 is 0 Å². The topological polar surface area (TPSA) is 51.0 Å². The van der Waals surface area contributed by atoms with Crippen LogP contribution in [0.15, 0.2) is 58.2 Å². The molecular weight excluding hydrogens is 460 g/mol. The quantitative estimate of drug-likeness (QED) is 0.406. The van der Waals surface area contributed by atoms with E-state index >= 15 is 0 Å². The van der Waals surface area contributed by atoms with Crippen molar-refractivity contribution in [2.24, 2.45) is 0 Å². The fourth-order valence-corrected chi connectivity index (χ4v) is 4.89. The highest BCUT2D eigenvalue weighted by Gasteiger charge is 2.32. The van der Waals surface area contributed by atoms with E-state index in [0.717, 1.165) is 46.0 Å². The molecule has 0 spiro atoms. The molecule has 1 aromatic heterocycles. The largest absolute Gasteiger partial charge is 0.335 e. The monoisotopic (exact) mass is 484 g/mol. The smallest absolute Gasteiger partial charge is 0.233 e. The highest BCUT2D eigenvalue weighted by molar-refractivity contribution is 9.10. The SMILES string of the molecule is CCn1c(SCC(=O)N(Cc2cccc(Br)c2)C2CC2)nnc1-c1ccccc1C. The molecule has 1 saturated carbocycles. The zero-order chi connectivity index (χ0) is 21.1. The average molecular weight is 485 g/mol. The van der Waals surface area contributed by atoms with E-state index in [2.05, 4.69) is 68.8 Å². The second-order valence-electron chi connectivity index (χ2n) is 7.54. The van der Waals surface area contributed by atoms with Gasteiger partial charge in [0.25, 0.3) is 0 Å². The molecule has 1 amide bonds. The average Bonchev–Trinajstić information content (AvgIpc) is 3.50. The van der Waals surface area contributed by atoms with E-state index in [0.29, 0.717) is 18.3 Å². The maximum atomic E-state index is 13.1. The first-order chi connectivity index (χ1) is 14.6. The molecule has 2 aromatic carbocycles. The molecule has 0 aliphatic heterocycles. The Balaban J connectivity index is 1.47. The molecule has 1 aliphatic rings. The summed E-state index contributed by atoms with van der Waals surface area (Å²) in [7, 11) is 0. The number of hydrogen-bond acceptors (Lipinski definition) is 4. The summed E-state index contributed by atoms with van der Waals surface area (Å²) in [5, 5.41) is 9.61. The van der Waals surface area contributed by atoms with E-state index in [9.17, 15) is 4.79 Å². The standard InChI is InChI=1S/C23H25BrN4OS/c1-3-27-22(20-10-5-4-7-16(20)2)25-26-23(27)30-15-21(29)28(19-11-12-19)14-17-8-6-9-18(24)13-17/h4-10,13,19H,3,11-12,14-15H2,1-2H3. The normalized spacial score (nSPS) is 13.4. The van der Waals surface area contributed by atoms with Crippen LogP contribution in [0.2, 0.25) is 0 Å². The van der Waals surface area contributed by atoms with Crippen LogP contribution in [0.3, 0.4) is 0 Å². The first kappa shape index (κ1) is 21.1. The number of carbonyl (C=O) groups is 1. The third-order valence-electron chi connectivity index (χ3n) is 5.29. The molecule has 0 N–H and O–H groups in total. The van der Waals surface area contributed by atoms with Crippen LogP contribution in [0.25, 0.3) is 11.4 Å². The molecule has 0 atom stereocenters. The third-order valence-corrected chi connectivity index (χ3v) is 6.74. The summed E-state index contributed by atoms with van der Waals surface area (Å²) in [4.78, 5) is 15.1. The molecule has 3 aromatic rings. The lowest BCUT2D eigenvalue weighted by Crippen LogP contribution is -2.34. The van der Waals surface area contributed by atoms with Crippen LogP contribution >= 0.6 is 27.7 Å². The van der Waals surface area contributed by atoms with Crippen molar-refractivity contribution in [1.29, 1.82) is 0 Å². The summed E-state index contributed by atoms with van der Waals surface area (Å²) in [6.07, 6.45) is 2.18. The van der Waals surface area contributed by atoms with Crippen molar-refractivity contribution in [3.05, 3.63) is 64.1 Å². The summed E-state index contributed by atoms with van der Waals surface area (Å²) < 4.78 is 3.13. The van der Waals surface area contributed by atoms with Crippen molar-refractivity contribution in [1.82, 2.24) is 19.7 Å². The van der Waals surface area contributed by atoms with Crippen molar-refractivity contribution in [2.75, 3.05) is 5.75 Å². The van der Waals surface area contributed by atoms with Crippen molar-refractivity contribution in [3.8, 4) is 11.4 Å². The summed E-state index contributed by atoms with van der Waals surface area (Å²) in [5.74, 6) is 1.39. The number of amides is 1. The summed E-state index contributed by atoms with van der Waals surface area (Å²) in [6, 6.07) is 16.7. The highest BCUT2D eigenvalue weighted by atomic mass is 79.9. The molecule has 0 unspecified atom stereocenters. The molecular formula is C23H25BrN4OS. The van der Waals surface area contributed by atoms with Crippen molar-refractivity contribution in [3.63, 3.8) is 0 Å². The maximum Gasteiger partial charge on any atom is 0.233 e. The first-order valence-corrected chi connectivity index (χ1v) is 12.0. The van der Waals surface area contributed by atoms with E-state index in [1.807, 2.05) is 29.2 Å². The van der Waals surface area contributed by atoms with Gasteiger partial charge in [-0.25, -0.2) is 0 Å². The zero-order valence-corrected chi connectivity index (χ0v) is 19.6. The molecule has 4 rings (SSSR count). The molecule has 7 heteroatoms. The fourth-order valence-electron chi connectivity index (χ4n) is 3.55. The van der Waals surface area contributed by atoms with Crippen molar-refractivity contribution >= 4 is 33.6 Å². The molecule has 0 radical (unpaired) electrons. The Morgan fingerprint density at radius 1 is 1.20 bits per heavy atom. The molecule has 5 nitrogen and oxygen atoms in total. The number of rotatable bonds is 8. The summed E-state index contributed by atoms with van der Waals surface area (Å²) in [6.45, 7) is 5.58. The van der Waals surface area contributed by atoms with E-state index in [4.69, 9.17) is 0 Å². The minimum atomic E-state index is 0.158. The summed E-state index contributed by atoms with van der Waals surface area (Å²) >= 11 is 5.00. The second kappa shape index (κ2) is 9.35. The van der Waals surface area contributed by atoms with Gasteiger partial charge in [-0.15, -0.1) is 10.2 Å². The minimum Gasteiger partial charge on any atom is -0.335 e. The Hall–Kier alpha value is -2.12. The Morgan fingerprint density at radius 2 is 2.00 bits per heavy atom. The Morgan fingerprint density at radius 3 is 2.70 bits per heavy atom. The Bertz CT molecular complexity index is 1050. The Kier molecular flexibility index (Phi) is 6.58. The van der Waals surface area contributed by atoms with Gasteiger partial charge in [-0.2, -0.15) is 0 Å².